The van der Waals surface area contributed by atoms with E-state index in [0.29, 0.717) is 18.4 Å². The molecule has 10 heteroatoms. The summed E-state index contributed by atoms with van der Waals surface area (Å²) in [7, 11) is 0. The summed E-state index contributed by atoms with van der Waals surface area (Å²) in [6, 6.07) is 4.61. The number of halogens is 3. The van der Waals surface area contributed by atoms with E-state index in [1.807, 2.05) is 0 Å². The Morgan fingerprint density at radius 3 is 2.44 bits per heavy atom. The minimum atomic E-state index is -1.70. The summed E-state index contributed by atoms with van der Waals surface area (Å²) < 4.78 is 45.1. The number of hydrogen-bond acceptors (Lipinski definition) is 6. The number of amides is 1. The Bertz CT molecular complexity index is 798. The van der Waals surface area contributed by atoms with Crippen molar-refractivity contribution < 1.29 is 22.7 Å². The molecule has 2 heterocycles. The van der Waals surface area contributed by atoms with E-state index in [4.69, 9.17) is 4.74 Å². The normalized spacial score (nSPS) is 14.8. The van der Waals surface area contributed by atoms with Crippen molar-refractivity contribution in [1.82, 2.24) is 15.1 Å². The van der Waals surface area contributed by atoms with Crippen molar-refractivity contribution in [3.63, 3.8) is 0 Å². The molecule has 144 valence electrons. The van der Waals surface area contributed by atoms with Gasteiger partial charge in [0.25, 0.3) is 5.91 Å². The van der Waals surface area contributed by atoms with Gasteiger partial charge in [0.1, 0.15) is 5.82 Å². The second-order valence-corrected chi connectivity index (χ2v) is 5.86. The van der Waals surface area contributed by atoms with Crippen LogP contribution in [0.15, 0.2) is 24.3 Å². The summed E-state index contributed by atoms with van der Waals surface area (Å²) in [5.41, 5.74) is -0.622. The molecule has 0 saturated carbocycles. The number of carbonyl (C=O) groups excluding carboxylic acids is 1. The van der Waals surface area contributed by atoms with Crippen LogP contribution in [0.1, 0.15) is 10.4 Å². The number of rotatable bonds is 6. The molecule has 1 aliphatic heterocycles. The number of hydrogen-bond donors (Lipinski definition) is 2. The van der Waals surface area contributed by atoms with E-state index in [2.05, 4.69) is 25.7 Å². The zero-order chi connectivity index (χ0) is 19.2. The van der Waals surface area contributed by atoms with Crippen LogP contribution in [-0.4, -0.2) is 60.4 Å². The van der Waals surface area contributed by atoms with E-state index in [-0.39, 0.29) is 5.82 Å². The van der Waals surface area contributed by atoms with Crippen molar-refractivity contribution in [2.75, 3.05) is 50.0 Å². The number of morpholine rings is 1. The minimum Gasteiger partial charge on any atom is -0.379 e. The van der Waals surface area contributed by atoms with Gasteiger partial charge in [0.15, 0.2) is 23.3 Å². The lowest BCUT2D eigenvalue weighted by Crippen LogP contribution is -2.39. The molecule has 2 aromatic rings. The molecule has 1 fully saturated rings. The fourth-order valence-electron chi connectivity index (χ4n) is 2.54. The molecular weight excluding hydrogens is 363 g/mol. The Labute approximate surface area is 153 Å². The third-order valence-corrected chi connectivity index (χ3v) is 4.02. The van der Waals surface area contributed by atoms with Gasteiger partial charge in [-0.25, -0.2) is 13.2 Å². The number of carbonyl (C=O) groups is 1. The van der Waals surface area contributed by atoms with Gasteiger partial charge in [-0.1, -0.05) is 0 Å². The van der Waals surface area contributed by atoms with Crippen molar-refractivity contribution in [2.24, 2.45) is 0 Å². The molecule has 0 atom stereocenters. The van der Waals surface area contributed by atoms with Gasteiger partial charge >= 0.3 is 0 Å². The molecule has 0 spiro atoms. The molecule has 1 aromatic carbocycles. The van der Waals surface area contributed by atoms with Crippen LogP contribution < -0.4 is 10.6 Å². The number of ether oxygens (including phenoxy) is 1. The van der Waals surface area contributed by atoms with Gasteiger partial charge in [0, 0.05) is 26.2 Å². The zero-order valence-corrected chi connectivity index (χ0v) is 14.3. The second kappa shape index (κ2) is 8.78. The first-order valence-corrected chi connectivity index (χ1v) is 8.37. The van der Waals surface area contributed by atoms with E-state index in [9.17, 15) is 18.0 Å². The Morgan fingerprint density at radius 1 is 1.04 bits per heavy atom. The van der Waals surface area contributed by atoms with E-state index in [1.165, 1.54) is 6.07 Å². The van der Waals surface area contributed by atoms with Gasteiger partial charge in [-0.15, -0.1) is 10.2 Å². The molecule has 7 nitrogen and oxygen atoms in total. The largest absolute Gasteiger partial charge is 0.379 e. The van der Waals surface area contributed by atoms with Crippen molar-refractivity contribution in [3.8, 4) is 0 Å². The van der Waals surface area contributed by atoms with Gasteiger partial charge in [-0.3, -0.25) is 9.69 Å². The number of benzene rings is 1. The molecule has 0 unspecified atom stereocenters. The second-order valence-electron chi connectivity index (χ2n) is 5.86. The van der Waals surface area contributed by atoms with Crippen molar-refractivity contribution in [1.29, 1.82) is 0 Å². The lowest BCUT2D eigenvalue weighted by atomic mass is 10.2. The first-order valence-electron chi connectivity index (χ1n) is 8.37. The average molecular weight is 381 g/mol. The van der Waals surface area contributed by atoms with Crippen molar-refractivity contribution in [3.05, 3.63) is 47.3 Å². The van der Waals surface area contributed by atoms with Crippen LogP contribution in [0.3, 0.4) is 0 Å². The highest BCUT2D eigenvalue weighted by atomic mass is 19.2. The highest BCUT2D eigenvalue weighted by Gasteiger charge is 2.19. The van der Waals surface area contributed by atoms with E-state index < -0.39 is 28.9 Å². The summed E-state index contributed by atoms with van der Waals surface area (Å²) >= 11 is 0. The predicted molar refractivity (Wildman–Crippen MR) is 92.0 cm³/mol. The maximum atomic E-state index is 13.6. The van der Waals surface area contributed by atoms with Gasteiger partial charge in [0.2, 0.25) is 0 Å². The smallest absolute Gasteiger partial charge is 0.259 e. The van der Waals surface area contributed by atoms with E-state index in [1.54, 1.807) is 6.07 Å². The number of nitrogens with one attached hydrogen (secondary N) is 2. The predicted octanol–water partition coefficient (Wildman–Crippen LogP) is 1.89. The Kier molecular flexibility index (Phi) is 6.20. The monoisotopic (exact) mass is 381 g/mol. The fourth-order valence-corrected chi connectivity index (χ4v) is 2.54. The molecule has 1 amide bonds. The highest BCUT2D eigenvalue weighted by Crippen LogP contribution is 2.16. The number of aromatic nitrogens is 2. The maximum Gasteiger partial charge on any atom is 0.259 e. The van der Waals surface area contributed by atoms with Gasteiger partial charge in [-0.2, -0.15) is 0 Å². The molecule has 27 heavy (non-hydrogen) atoms. The summed E-state index contributed by atoms with van der Waals surface area (Å²) in [4.78, 5) is 14.2. The number of anilines is 2. The van der Waals surface area contributed by atoms with Crippen LogP contribution in [0.5, 0.6) is 0 Å². The topological polar surface area (TPSA) is 79.4 Å². The molecule has 0 bridgehead atoms. The van der Waals surface area contributed by atoms with Crippen LogP contribution in [0, 0.1) is 17.5 Å². The summed E-state index contributed by atoms with van der Waals surface area (Å²) in [6.07, 6.45) is 0. The summed E-state index contributed by atoms with van der Waals surface area (Å²) in [5.74, 6) is -5.00. The molecule has 0 radical (unpaired) electrons. The first kappa shape index (κ1) is 19.1. The van der Waals surface area contributed by atoms with Crippen molar-refractivity contribution in [2.45, 2.75) is 0 Å². The molecule has 3 rings (SSSR count). The summed E-state index contributed by atoms with van der Waals surface area (Å²) in [5, 5.41) is 13.1. The van der Waals surface area contributed by atoms with Gasteiger partial charge in [0.05, 0.1) is 18.8 Å². The van der Waals surface area contributed by atoms with E-state index >= 15 is 0 Å². The molecule has 1 aromatic heterocycles. The van der Waals surface area contributed by atoms with Crippen LogP contribution in [0.2, 0.25) is 0 Å². The Balaban J connectivity index is 1.52. The van der Waals surface area contributed by atoms with Crippen LogP contribution in [0.4, 0.5) is 24.8 Å². The third kappa shape index (κ3) is 4.92. The van der Waals surface area contributed by atoms with Gasteiger partial charge < -0.3 is 15.4 Å². The lowest BCUT2D eigenvalue weighted by Gasteiger charge is -2.26. The van der Waals surface area contributed by atoms with E-state index in [0.717, 1.165) is 38.9 Å². The van der Waals surface area contributed by atoms with Crippen LogP contribution in [0.25, 0.3) is 0 Å². The molecule has 0 aliphatic carbocycles. The Morgan fingerprint density at radius 2 is 1.74 bits per heavy atom. The average Bonchev–Trinajstić information content (AvgIpc) is 2.68. The third-order valence-electron chi connectivity index (χ3n) is 4.02. The minimum absolute atomic E-state index is 0.0582. The van der Waals surface area contributed by atoms with Crippen molar-refractivity contribution >= 4 is 17.5 Å². The molecule has 1 aliphatic rings. The summed E-state index contributed by atoms with van der Waals surface area (Å²) in [6.45, 7) is 4.73. The highest BCUT2D eigenvalue weighted by molar-refractivity contribution is 6.03. The van der Waals surface area contributed by atoms with Gasteiger partial charge in [-0.05, 0) is 24.3 Å². The van der Waals surface area contributed by atoms with Crippen LogP contribution in [-0.2, 0) is 4.74 Å². The molecule has 1 saturated heterocycles. The maximum absolute atomic E-state index is 13.6. The SMILES string of the molecule is O=C(Nc1ccc(NCCN2CCOCC2)nn1)c1ccc(F)c(F)c1F. The first-order chi connectivity index (χ1) is 13.0. The van der Waals surface area contributed by atoms with Crippen LogP contribution >= 0.6 is 0 Å². The zero-order valence-electron chi connectivity index (χ0n) is 14.3. The quantitative estimate of drug-likeness (QED) is 0.744. The fraction of sp³-hybridized carbons (Fsp3) is 0.353. The lowest BCUT2D eigenvalue weighted by molar-refractivity contribution is 0.0398. The molecule has 2 N–H and O–H groups in total. The molecular formula is C17H18F3N5O2. The Hall–Kier alpha value is -2.72. The number of nitrogens with zero attached hydrogens (tertiary/aromatic N) is 3. The standard InChI is InChI=1S/C17H18F3N5O2/c18-12-2-1-11(15(19)16(12)20)17(26)22-14-4-3-13(23-24-14)21-5-6-25-7-9-27-10-8-25/h1-4H,5-10H2,(H,21,23)(H,22,24,26).